The van der Waals surface area contributed by atoms with Gasteiger partial charge in [-0.1, -0.05) is 6.92 Å². The average molecular weight is 414 g/mol. The van der Waals surface area contributed by atoms with E-state index in [2.05, 4.69) is 31.8 Å². The van der Waals surface area contributed by atoms with Crippen molar-refractivity contribution in [3.05, 3.63) is 0 Å². The van der Waals surface area contributed by atoms with E-state index in [9.17, 15) is 0 Å². The van der Waals surface area contributed by atoms with E-state index in [4.69, 9.17) is 9.84 Å². The third kappa shape index (κ3) is 11.6. The van der Waals surface area contributed by atoms with Crippen LogP contribution in [0.3, 0.4) is 0 Å². The van der Waals surface area contributed by atoms with E-state index in [0.29, 0.717) is 6.61 Å². The summed E-state index contributed by atoms with van der Waals surface area (Å²) in [5.74, 6) is 0. The molecule has 2 N–H and O–H groups in total. The predicted molar refractivity (Wildman–Crippen MR) is 121 cm³/mol. The van der Waals surface area contributed by atoms with E-state index in [-0.39, 0.29) is 0 Å². The second-order valence-electron chi connectivity index (χ2n) is 8.51. The molecule has 172 valence electrons. The topological polar surface area (TPSA) is 54.5 Å². The average Bonchev–Trinajstić information content (AvgIpc) is 2.76. The van der Waals surface area contributed by atoms with Gasteiger partial charge in [0.15, 0.2) is 0 Å². The third-order valence-electron chi connectivity index (χ3n) is 6.16. The number of piperazine rings is 2. The highest BCUT2D eigenvalue weighted by molar-refractivity contribution is 4.72. The standard InChI is InChI=1S/C22H47N5O2/c1-2-8-24-11-17-27(18-12-24)19-22-29-21-7-23-6-3-4-9-25-13-15-26(16-14-25)10-5-20-28/h23,28H,2-22H2,1H3. The molecule has 2 fully saturated rings. The van der Waals surface area contributed by atoms with Crippen molar-refractivity contribution in [2.75, 3.05) is 111 Å². The molecule has 2 saturated heterocycles. The van der Waals surface area contributed by atoms with Gasteiger partial charge in [0, 0.05) is 78.6 Å². The van der Waals surface area contributed by atoms with Gasteiger partial charge in [-0.05, 0) is 45.3 Å². The molecule has 0 aromatic carbocycles. The Balaban J connectivity index is 1.31. The van der Waals surface area contributed by atoms with Crippen molar-refractivity contribution in [2.45, 2.75) is 32.6 Å². The molecular weight excluding hydrogens is 366 g/mol. The Morgan fingerprint density at radius 1 is 0.655 bits per heavy atom. The lowest BCUT2D eigenvalue weighted by molar-refractivity contribution is 0.0766. The summed E-state index contributed by atoms with van der Waals surface area (Å²) >= 11 is 0. The number of rotatable bonds is 16. The molecule has 0 aromatic rings. The maximum atomic E-state index is 8.92. The molecule has 0 aliphatic carbocycles. The molecule has 0 radical (unpaired) electrons. The second kappa shape index (κ2) is 16.4. The van der Waals surface area contributed by atoms with E-state index in [1.807, 2.05) is 0 Å². The lowest BCUT2D eigenvalue weighted by atomic mass is 10.2. The van der Waals surface area contributed by atoms with Crippen molar-refractivity contribution in [1.29, 1.82) is 0 Å². The highest BCUT2D eigenvalue weighted by Crippen LogP contribution is 2.04. The third-order valence-corrected chi connectivity index (χ3v) is 6.16. The maximum absolute atomic E-state index is 8.92. The summed E-state index contributed by atoms with van der Waals surface area (Å²) in [6.07, 6.45) is 4.69. The zero-order valence-electron chi connectivity index (χ0n) is 19.0. The quantitative estimate of drug-likeness (QED) is 0.355. The smallest absolute Gasteiger partial charge is 0.0594 e. The number of nitrogens with one attached hydrogen (secondary N) is 1. The molecule has 0 bridgehead atoms. The Morgan fingerprint density at radius 3 is 1.79 bits per heavy atom. The second-order valence-corrected chi connectivity index (χ2v) is 8.51. The number of aliphatic hydroxyl groups excluding tert-OH is 1. The molecule has 0 saturated carbocycles. The molecule has 2 rings (SSSR count). The van der Waals surface area contributed by atoms with Crippen LogP contribution in [-0.4, -0.2) is 136 Å². The molecule has 2 heterocycles. The van der Waals surface area contributed by atoms with Gasteiger partial charge in [-0.25, -0.2) is 0 Å². The van der Waals surface area contributed by atoms with Gasteiger partial charge in [0.05, 0.1) is 13.2 Å². The summed E-state index contributed by atoms with van der Waals surface area (Å²) in [5, 5.41) is 12.4. The van der Waals surface area contributed by atoms with E-state index in [1.54, 1.807) is 0 Å². The van der Waals surface area contributed by atoms with Crippen LogP contribution in [0.5, 0.6) is 0 Å². The van der Waals surface area contributed by atoms with Gasteiger partial charge < -0.3 is 29.9 Å². The highest BCUT2D eigenvalue weighted by atomic mass is 16.5. The van der Waals surface area contributed by atoms with Gasteiger partial charge >= 0.3 is 0 Å². The van der Waals surface area contributed by atoms with E-state index in [1.165, 1.54) is 71.6 Å². The lowest BCUT2D eigenvalue weighted by Gasteiger charge is -2.34. The molecule has 2 aliphatic rings. The van der Waals surface area contributed by atoms with Crippen molar-refractivity contribution >= 4 is 0 Å². The number of hydrogen-bond donors (Lipinski definition) is 2. The number of aliphatic hydroxyl groups is 1. The molecule has 0 unspecified atom stereocenters. The van der Waals surface area contributed by atoms with Crippen molar-refractivity contribution in [3.63, 3.8) is 0 Å². The predicted octanol–water partition coefficient (Wildman–Crippen LogP) is 0.400. The molecule has 0 aromatic heterocycles. The minimum Gasteiger partial charge on any atom is -0.396 e. The summed E-state index contributed by atoms with van der Waals surface area (Å²) in [7, 11) is 0. The van der Waals surface area contributed by atoms with Crippen LogP contribution in [0.25, 0.3) is 0 Å². The Bertz CT molecular complexity index is 372. The van der Waals surface area contributed by atoms with Crippen LogP contribution in [0.1, 0.15) is 32.6 Å². The number of ether oxygens (including phenoxy) is 1. The summed E-state index contributed by atoms with van der Waals surface area (Å²) < 4.78 is 5.80. The molecule has 0 atom stereocenters. The van der Waals surface area contributed by atoms with Crippen LogP contribution in [0.15, 0.2) is 0 Å². The van der Waals surface area contributed by atoms with Crippen LogP contribution in [0, 0.1) is 0 Å². The van der Waals surface area contributed by atoms with Crippen molar-refractivity contribution in [2.24, 2.45) is 0 Å². The fraction of sp³-hybridized carbons (Fsp3) is 1.00. The van der Waals surface area contributed by atoms with Crippen LogP contribution >= 0.6 is 0 Å². The minimum atomic E-state index is 0.314. The first kappa shape index (κ1) is 25.0. The number of unbranched alkanes of at least 4 members (excludes halogenated alkanes) is 1. The fourth-order valence-electron chi connectivity index (χ4n) is 4.23. The van der Waals surface area contributed by atoms with E-state index >= 15 is 0 Å². The molecule has 7 nitrogen and oxygen atoms in total. The molecule has 0 spiro atoms. The van der Waals surface area contributed by atoms with E-state index < -0.39 is 0 Å². The zero-order chi connectivity index (χ0) is 20.6. The summed E-state index contributed by atoms with van der Waals surface area (Å²) in [4.78, 5) is 10.2. The molecule has 7 heteroatoms. The fourth-order valence-corrected chi connectivity index (χ4v) is 4.23. The SMILES string of the molecule is CCCN1CCN(CCOCCNCCCCN2CCN(CCCO)CC2)CC1. The van der Waals surface area contributed by atoms with Crippen molar-refractivity contribution in [3.8, 4) is 0 Å². The Kier molecular flexibility index (Phi) is 14.1. The molecule has 2 aliphatic heterocycles. The first-order chi connectivity index (χ1) is 14.3. The largest absolute Gasteiger partial charge is 0.396 e. The van der Waals surface area contributed by atoms with Gasteiger partial charge in [-0.2, -0.15) is 0 Å². The lowest BCUT2D eigenvalue weighted by Crippen LogP contribution is -2.47. The van der Waals surface area contributed by atoms with Gasteiger partial charge in [-0.15, -0.1) is 0 Å². The minimum absolute atomic E-state index is 0.314. The normalized spacial score (nSPS) is 20.5. The Labute approximate surface area is 179 Å². The van der Waals surface area contributed by atoms with Gasteiger partial charge in [0.25, 0.3) is 0 Å². The summed E-state index contributed by atoms with van der Waals surface area (Å²) in [5.41, 5.74) is 0. The number of hydrogen-bond acceptors (Lipinski definition) is 7. The first-order valence-electron chi connectivity index (χ1n) is 12.1. The summed E-state index contributed by atoms with van der Waals surface area (Å²) in [6.45, 7) is 20.4. The highest BCUT2D eigenvalue weighted by Gasteiger charge is 2.16. The first-order valence-corrected chi connectivity index (χ1v) is 12.1. The maximum Gasteiger partial charge on any atom is 0.0594 e. The van der Waals surface area contributed by atoms with Gasteiger partial charge in [0.2, 0.25) is 0 Å². The number of nitrogens with zero attached hydrogens (tertiary/aromatic N) is 4. The van der Waals surface area contributed by atoms with Crippen LogP contribution in [0.2, 0.25) is 0 Å². The Morgan fingerprint density at radius 2 is 1.21 bits per heavy atom. The molecular formula is C22H47N5O2. The van der Waals surface area contributed by atoms with Crippen LogP contribution in [-0.2, 0) is 4.74 Å². The summed E-state index contributed by atoms with van der Waals surface area (Å²) in [6, 6.07) is 0. The van der Waals surface area contributed by atoms with Crippen LogP contribution in [0.4, 0.5) is 0 Å². The van der Waals surface area contributed by atoms with Gasteiger partial charge in [-0.3, -0.25) is 4.90 Å². The van der Waals surface area contributed by atoms with Crippen LogP contribution < -0.4 is 5.32 Å². The molecule has 29 heavy (non-hydrogen) atoms. The van der Waals surface area contributed by atoms with E-state index in [0.717, 1.165) is 58.9 Å². The van der Waals surface area contributed by atoms with Crippen molar-refractivity contribution < 1.29 is 9.84 Å². The Hall–Kier alpha value is -0.280. The monoisotopic (exact) mass is 413 g/mol. The zero-order valence-corrected chi connectivity index (χ0v) is 19.0. The van der Waals surface area contributed by atoms with Crippen molar-refractivity contribution in [1.82, 2.24) is 24.9 Å². The molecule has 0 amide bonds. The van der Waals surface area contributed by atoms with Gasteiger partial charge in [0.1, 0.15) is 0 Å².